The molecule has 1 rings (SSSR count). The van der Waals surface area contributed by atoms with Crippen LogP contribution in [-0.2, 0) is 6.42 Å². The largest absolute Gasteiger partial charge is 0.414 e. The number of nitrogens with one attached hydrogen (secondary N) is 2. The van der Waals surface area contributed by atoms with Gasteiger partial charge in [0.15, 0.2) is 6.10 Å². The van der Waals surface area contributed by atoms with Crippen LogP contribution in [-0.4, -0.2) is 36.0 Å². The summed E-state index contributed by atoms with van der Waals surface area (Å²) in [4.78, 5) is 11.5. The van der Waals surface area contributed by atoms with Crippen molar-refractivity contribution in [2.45, 2.75) is 38.1 Å². The minimum absolute atomic E-state index is 0.114. The lowest BCUT2D eigenvalue weighted by Crippen LogP contribution is -2.43. The summed E-state index contributed by atoms with van der Waals surface area (Å²) in [6.07, 6.45) is -8.06. The highest BCUT2D eigenvalue weighted by atomic mass is 19.4. The maximum atomic E-state index is 13.4. The number of carbonyl (C=O) groups excluding carboxylic acids is 1. The number of hydrogen-bond donors (Lipinski definition) is 3. The van der Waals surface area contributed by atoms with Gasteiger partial charge in [0.2, 0.25) is 0 Å². The second-order valence-electron chi connectivity index (χ2n) is 5.05. The maximum absolute atomic E-state index is 13.4. The Labute approximate surface area is 129 Å². The van der Waals surface area contributed by atoms with Crippen molar-refractivity contribution in [1.82, 2.24) is 10.6 Å². The molecule has 0 aromatic heterocycles. The number of carbonyl (C=O) groups is 1. The van der Waals surface area contributed by atoms with Crippen molar-refractivity contribution >= 4 is 6.03 Å². The van der Waals surface area contributed by atoms with Crippen LogP contribution in [0.15, 0.2) is 18.2 Å². The van der Waals surface area contributed by atoms with Gasteiger partial charge in [0.05, 0.1) is 0 Å². The molecule has 0 saturated heterocycles. The van der Waals surface area contributed by atoms with Gasteiger partial charge in [0, 0.05) is 18.2 Å². The van der Waals surface area contributed by atoms with Crippen molar-refractivity contribution < 1.29 is 31.9 Å². The van der Waals surface area contributed by atoms with Gasteiger partial charge in [-0.05, 0) is 31.9 Å². The van der Waals surface area contributed by atoms with Crippen LogP contribution in [0.25, 0.3) is 0 Å². The number of hydrogen-bond acceptors (Lipinski definition) is 2. The number of urea groups is 1. The van der Waals surface area contributed by atoms with Gasteiger partial charge >= 0.3 is 12.2 Å². The summed E-state index contributed by atoms with van der Waals surface area (Å²) in [5.74, 6) is -1.49. The maximum Gasteiger partial charge on any atom is 0.414 e. The molecule has 0 aliphatic carbocycles. The number of rotatable bonds is 6. The Kier molecular flexibility index (Phi) is 6.74. The van der Waals surface area contributed by atoms with Gasteiger partial charge in [-0.15, -0.1) is 0 Å². The topological polar surface area (TPSA) is 61.4 Å². The summed E-state index contributed by atoms with van der Waals surface area (Å²) in [5, 5.41) is 13.2. The minimum atomic E-state index is -4.74. The van der Waals surface area contributed by atoms with Gasteiger partial charge in [0.25, 0.3) is 0 Å². The molecule has 23 heavy (non-hydrogen) atoms. The third-order valence-corrected chi connectivity index (χ3v) is 3.03. The van der Waals surface area contributed by atoms with Gasteiger partial charge in [-0.1, -0.05) is 6.07 Å². The molecule has 0 saturated carbocycles. The zero-order chi connectivity index (χ0) is 17.6. The summed E-state index contributed by atoms with van der Waals surface area (Å²) in [5.41, 5.74) is -0.187. The van der Waals surface area contributed by atoms with E-state index in [4.69, 9.17) is 5.11 Å². The van der Waals surface area contributed by atoms with Crippen LogP contribution < -0.4 is 10.6 Å². The first-order chi connectivity index (χ1) is 10.6. The standard InChI is InChI=1S/C14H17F5N2O2/c1-8(7-9-10(15)3-2-4-11(9)16)21-13(23)20-6-5-12(22)14(17,18)19/h2-4,8,12,22H,5-7H2,1H3,(H2,20,21,23)/t8-,12-/m1/s1. The Morgan fingerprint density at radius 2 is 1.83 bits per heavy atom. The molecule has 0 radical (unpaired) electrons. The van der Waals surface area contributed by atoms with Crippen molar-refractivity contribution in [2.75, 3.05) is 6.54 Å². The van der Waals surface area contributed by atoms with Crippen LogP contribution in [0.5, 0.6) is 0 Å². The smallest absolute Gasteiger partial charge is 0.384 e. The van der Waals surface area contributed by atoms with E-state index in [2.05, 4.69) is 10.6 Å². The van der Waals surface area contributed by atoms with E-state index in [0.29, 0.717) is 0 Å². The van der Waals surface area contributed by atoms with Gasteiger partial charge in [-0.2, -0.15) is 13.2 Å². The first kappa shape index (κ1) is 19.1. The molecule has 0 fully saturated rings. The molecule has 0 aliphatic heterocycles. The molecule has 0 spiro atoms. The molecule has 3 N–H and O–H groups in total. The molecule has 0 heterocycles. The number of benzene rings is 1. The van der Waals surface area contributed by atoms with Gasteiger partial charge in [-0.25, -0.2) is 13.6 Å². The third-order valence-electron chi connectivity index (χ3n) is 3.03. The fraction of sp³-hybridized carbons (Fsp3) is 0.500. The van der Waals surface area contributed by atoms with Crippen LogP contribution in [0, 0.1) is 11.6 Å². The van der Waals surface area contributed by atoms with E-state index in [1.807, 2.05) is 0 Å². The van der Waals surface area contributed by atoms with Crippen molar-refractivity contribution in [1.29, 1.82) is 0 Å². The Morgan fingerprint density at radius 1 is 1.26 bits per heavy atom. The summed E-state index contributed by atoms with van der Waals surface area (Å²) in [7, 11) is 0. The number of amides is 2. The van der Waals surface area contributed by atoms with Gasteiger partial charge < -0.3 is 15.7 Å². The van der Waals surface area contributed by atoms with Gasteiger partial charge in [0.1, 0.15) is 11.6 Å². The zero-order valence-corrected chi connectivity index (χ0v) is 12.3. The number of aliphatic hydroxyl groups is 1. The second kappa shape index (κ2) is 8.09. The van der Waals surface area contributed by atoms with Crippen molar-refractivity contribution in [3.63, 3.8) is 0 Å². The Hall–Kier alpha value is -1.90. The van der Waals surface area contributed by atoms with E-state index in [1.54, 1.807) is 0 Å². The average molecular weight is 340 g/mol. The molecule has 0 unspecified atom stereocenters. The molecule has 1 aromatic carbocycles. The highest BCUT2D eigenvalue weighted by molar-refractivity contribution is 5.74. The Morgan fingerprint density at radius 3 is 2.35 bits per heavy atom. The fourth-order valence-corrected chi connectivity index (χ4v) is 1.85. The van der Waals surface area contributed by atoms with Crippen LogP contribution in [0.1, 0.15) is 18.9 Å². The summed E-state index contributed by atoms with van der Waals surface area (Å²) in [6.45, 7) is 1.10. The quantitative estimate of drug-likeness (QED) is 0.697. The lowest BCUT2D eigenvalue weighted by Gasteiger charge is -2.17. The molecule has 2 amide bonds. The molecule has 9 heteroatoms. The molecule has 0 aliphatic rings. The van der Waals surface area contributed by atoms with E-state index in [9.17, 15) is 26.7 Å². The van der Waals surface area contributed by atoms with Crippen LogP contribution in [0.2, 0.25) is 0 Å². The van der Waals surface area contributed by atoms with E-state index in [0.717, 1.165) is 12.1 Å². The fourth-order valence-electron chi connectivity index (χ4n) is 1.85. The Bertz CT molecular complexity index is 516. The average Bonchev–Trinajstić information content (AvgIpc) is 2.41. The molecule has 0 bridgehead atoms. The second-order valence-corrected chi connectivity index (χ2v) is 5.05. The normalized spacial score (nSPS) is 14.2. The highest BCUT2D eigenvalue weighted by Gasteiger charge is 2.37. The first-order valence-corrected chi connectivity index (χ1v) is 6.83. The van der Waals surface area contributed by atoms with Crippen LogP contribution >= 0.6 is 0 Å². The third kappa shape index (κ3) is 6.39. The number of alkyl halides is 3. The van der Waals surface area contributed by atoms with E-state index in [1.165, 1.54) is 13.0 Å². The highest BCUT2D eigenvalue weighted by Crippen LogP contribution is 2.21. The molecule has 130 valence electrons. The molecule has 1 aromatic rings. The van der Waals surface area contributed by atoms with Crippen molar-refractivity contribution in [3.05, 3.63) is 35.4 Å². The molecule has 2 atom stereocenters. The van der Waals surface area contributed by atoms with Crippen LogP contribution in [0.3, 0.4) is 0 Å². The first-order valence-electron chi connectivity index (χ1n) is 6.83. The summed E-state index contributed by atoms with van der Waals surface area (Å²) < 4.78 is 63.1. The Balaban J connectivity index is 2.40. The van der Waals surface area contributed by atoms with Crippen LogP contribution in [0.4, 0.5) is 26.7 Å². The number of aliphatic hydroxyl groups excluding tert-OH is 1. The molecular weight excluding hydrogens is 323 g/mol. The van der Waals surface area contributed by atoms with Gasteiger partial charge in [-0.3, -0.25) is 0 Å². The minimum Gasteiger partial charge on any atom is -0.384 e. The lowest BCUT2D eigenvalue weighted by atomic mass is 10.1. The predicted octanol–water partition coefficient (Wildman–Crippen LogP) is 2.51. The summed E-state index contributed by atoms with van der Waals surface area (Å²) >= 11 is 0. The van der Waals surface area contributed by atoms with E-state index < -0.39 is 49.0 Å². The lowest BCUT2D eigenvalue weighted by molar-refractivity contribution is -0.204. The zero-order valence-electron chi connectivity index (χ0n) is 12.3. The summed E-state index contributed by atoms with van der Waals surface area (Å²) in [6, 6.07) is 1.95. The predicted molar refractivity (Wildman–Crippen MR) is 72.7 cm³/mol. The monoisotopic (exact) mass is 340 g/mol. The van der Waals surface area contributed by atoms with Crippen molar-refractivity contribution in [2.24, 2.45) is 0 Å². The number of halogens is 5. The van der Waals surface area contributed by atoms with E-state index >= 15 is 0 Å². The SMILES string of the molecule is C[C@H](Cc1c(F)cccc1F)NC(=O)NCC[C@@H](O)C(F)(F)F. The van der Waals surface area contributed by atoms with Crippen molar-refractivity contribution in [3.8, 4) is 0 Å². The van der Waals surface area contributed by atoms with E-state index in [-0.39, 0.29) is 12.0 Å². The molecular formula is C14H17F5N2O2. The molecule has 4 nitrogen and oxygen atoms in total.